The summed E-state index contributed by atoms with van der Waals surface area (Å²) in [5, 5.41) is 27.7. The molecule has 3 aromatic heterocycles. The van der Waals surface area contributed by atoms with E-state index in [0.717, 1.165) is 16.3 Å². The molecule has 0 N–H and O–H groups in total. The first-order valence-electron chi connectivity index (χ1n) is 9.27. The lowest BCUT2D eigenvalue weighted by Crippen LogP contribution is -1.97. The van der Waals surface area contributed by atoms with Gasteiger partial charge >= 0.3 is 0 Å². The molecule has 10 heteroatoms. The van der Waals surface area contributed by atoms with Crippen molar-refractivity contribution in [2.75, 3.05) is 0 Å². The van der Waals surface area contributed by atoms with Crippen LogP contribution in [0.1, 0.15) is 5.69 Å². The Labute approximate surface area is 184 Å². The van der Waals surface area contributed by atoms with Gasteiger partial charge < -0.3 is 0 Å². The molecule has 0 atom stereocenters. The monoisotopic (exact) mass is 446 g/mol. The maximum Gasteiger partial charge on any atom is 0.270 e. The standard InChI is InChI=1S/C21H14N6O2S2/c28-27(29)17-8-4-7-15(11-17)18-9-10-19-23-24-21(26(19)25-18)31-13-16-12-30-20(22-16)14-5-2-1-3-6-14/h1-12H,13H2. The number of nitro benzene ring substituents is 1. The fourth-order valence-corrected chi connectivity index (χ4v) is 4.73. The molecule has 5 aromatic rings. The summed E-state index contributed by atoms with van der Waals surface area (Å²) < 4.78 is 1.66. The third kappa shape index (κ3) is 4.03. The molecule has 0 aliphatic heterocycles. The maximum absolute atomic E-state index is 11.1. The topological polar surface area (TPSA) is 99.1 Å². The lowest BCUT2D eigenvalue weighted by Gasteiger charge is -2.03. The summed E-state index contributed by atoms with van der Waals surface area (Å²) in [6.07, 6.45) is 0. The van der Waals surface area contributed by atoms with Gasteiger partial charge in [0.25, 0.3) is 5.69 Å². The lowest BCUT2D eigenvalue weighted by atomic mass is 10.1. The van der Waals surface area contributed by atoms with Gasteiger partial charge in [0, 0.05) is 34.4 Å². The van der Waals surface area contributed by atoms with Crippen molar-refractivity contribution in [1.29, 1.82) is 0 Å². The molecule has 0 fully saturated rings. The minimum Gasteiger partial charge on any atom is -0.258 e. The van der Waals surface area contributed by atoms with Crippen LogP contribution < -0.4 is 0 Å². The van der Waals surface area contributed by atoms with Gasteiger partial charge in [0.2, 0.25) is 5.16 Å². The number of hydrogen-bond acceptors (Lipinski definition) is 8. The third-order valence-electron chi connectivity index (χ3n) is 4.51. The van der Waals surface area contributed by atoms with Gasteiger partial charge in [-0.15, -0.1) is 21.5 Å². The van der Waals surface area contributed by atoms with Crippen molar-refractivity contribution in [2.45, 2.75) is 10.9 Å². The molecule has 8 nitrogen and oxygen atoms in total. The minimum atomic E-state index is -0.417. The van der Waals surface area contributed by atoms with Gasteiger partial charge in [-0.05, 0) is 12.1 Å². The van der Waals surface area contributed by atoms with Crippen LogP contribution in [0.3, 0.4) is 0 Å². The van der Waals surface area contributed by atoms with E-state index >= 15 is 0 Å². The van der Waals surface area contributed by atoms with Crippen molar-refractivity contribution >= 4 is 34.4 Å². The normalized spacial score (nSPS) is 11.1. The summed E-state index contributed by atoms with van der Waals surface area (Å²) in [5.41, 5.74) is 3.96. The van der Waals surface area contributed by atoms with E-state index in [4.69, 9.17) is 4.98 Å². The number of thiazole rings is 1. The lowest BCUT2D eigenvalue weighted by molar-refractivity contribution is -0.384. The SMILES string of the molecule is O=[N+]([O-])c1cccc(-c2ccc3nnc(SCc4csc(-c5ccccc5)n4)n3n2)c1. The number of aromatic nitrogens is 5. The van der Waals surface area contributed by atoms with Crippen molar-refractivity contribution < 1.29 is 4.92 Å². The molecule has 0 spiro atoms. The molecular formula is C21H14N6O2S2. The third-order valence-corrected chi connectivity index (χ3v) is 6.40. The highest BCUT2D eigenvalue weighted by Gasteiger charge is 2.13. The van der Waals surface area contributed by atoms with Gasteiger partial charge in [-0.3, -0.25) is 10.1 Å². The predicted octanol–water partition coefficient (Wildman–Crippen LogP) is 5.12. The summed E-state index contributed by atoms with van der Waals surface area (Å²) in [6.45, 7) is 0. The molecule has 2 aromatic carbocycles. The highest BCUT2D eigenvalue weighted by molar-refractivity contribution is 7.98. The Balaban J connectivity index is 1.39. The molecule has 0 aliphatic carbocycles. The van der Waals surface area contributed by atoms with Crippen LogP contribution in [0.2, 0.25) is 0 Å². The second-order valence-corrected chi connectivity index (χ2v) is 8.38. The van der Waals surface area contributed by atoms with Crippen LogP contribution in [-0.4, -0.2) is 29.7 Å². The summed E-state index contributed by atoms with van der Waals surface area (Å²) in [7, 11) is 0. The Morgan fingerprint density at radius 1 is 1.00 bits per heavy atom. The first-order chi connectivity index (χ1) is 15.2. The largest absolute Gasteiger partial charge is 0.270 e. The maximum atomic E-state index is 11.1. The molecule has 0 saturated heterocycles. The molecule has 31 heavy (non-hydrogen) atoms. The van der Waals surface area contributed by atoms with Crippen molar-refractivity contribution in [3.8, 4) is 21.8 Å². The van der Waals surface area contributed by atoms with Gasteiger partial charge in [-0.25, -0.2) is 4.98 Å². The van der Waals surface area contributed by atoms with Gasteiger partial charge in [-0.2, -0.15) is 9.61 Å². The van der Waals surface area contributed by atoms with Crippen LogP contribution in [-0.2, 0) is 5.75 Å². The zero-order valence-electron chi connectivity index (χ0n) is 16.0. The number of non-ortho nitro benzene ring substituents is 1. The van der Waals surface area contributed by atoms with Crippen LogP contribution in [0, 0.1) is 10.1 Å². The van der Waals surface area contributed by atoms with Crippen LogP contribution in [0.5, 0.6) is 0 Å². The molecule has 0 radical (unpaired) electrons. The zero-order valence-corrected chi connectivity index (χ0v) is 17.6. The van der Waals surface area contributed by atoms with Crippen molar-refractivity contribution in [3.63, 3.8) is 0 Å². The molecule has 152 valence electrons. The van der Waals surface area contributed by atoms with Gasteiger partial charge in [0.1, 0.15) is 5.01 Å². The van der Waals surface area contributed by atoms with E-state index in [9.17, 15) is 10.1 Å². The molecule has 0 bridgehead atoms. The fourth-order valence-electron chi connectivity index (χ4n) is 3.02. The van der Waals surface area contributed by atoms with E-state index < -0.39 is 4.92 Å². The van der Waals surface area contributed by atoms with E-state index in [1.807, 2.05) is 35.7 Å². The average molecular weight is 447 g/mol. The highest BCUT2D eigenvalue weighted by atomic mass is 32.2. The average Bonchev–Trinajstić information content (AvgIpc) is 3.45. The number of fused-ring (bicyclic) bond motifs is 1. The summed E-state index contributed by atoms with van der Waals surface area (Å²) >= 11 is 3.10. The minimum absolute atomic E-state index is 0.0236. The summed E-state index contributed by atoms with van der Waals surface area (Å²) in [5.74, 6) is 0.632. The van der Waals surface area contributed by atoms with Crippen LogP contribution in [0.15, 0.2) is 77.3 Å². The molecule has 0 saturated carbocycles. The Morgan fingerprint density at radius 3 is 2.68 bits per heavy atom. The van der Waals surface area contributed by atoms with E-state index in [0.29, 0.717) is 27.8 Å². The van der Waals surface area contributed by atoms with Crippen LogP contribution in [0.25, 0.3) is 27.5 Å². The Hall–Kier alpha value is -3.63. The second-order valence-electron chi connectivity index (χ2n) is 6.58. The van der Waals surface area contributed by atoms with Crippen molar-refractivity contribution in [2.24, 2.45) is 0 Å². The van der Waals surface area contributed by atoms with E-state index in [2.05, 4.69) is 15.3 Å². The Bertz CT molecular complexity index is 1380. The zero-order chi connectivity index (χ0) is 21.2. The number of nitrogens with zero attached hydrogens (tertiary/aromatic N) is 6. The van der Waals surface area contributed by atoms with Crippen molar-refractivity contribution in [1.82, 2.24) is 24.8 Å². The Kier molecular flexibility index (Phi) is 5.14. The van der Waals surface area contributed by atoms with Crippen molar-refractivity contribution in [3.05, 3.63) is 87.9 Å². The molecule has 0 aliphatic rings. The Morgan fingerprint density at radius 2 is 1.84 bits per heavy atom. The molecule has 5 rings (SSSR count). The summed E-state index contributed by atoms with van der Waals surface area (Å²) in [6, 6.07) is 20.0. The quantitative estimate of drug-likeness (QED) is 0.203. The molecular weight excluding hydrogens is 432 g/mol. The number of nitro groups is 1. The molecule has 0 amide bonds. The van der Waals surface area contributed by atoms with Gasteiger partial charge in [-0.1, -0.05) is 54.2 Å². The van der Waals surface area contributed by atoms with E-state index in [1.165, 1.54) is 23.9 Å². The highest BCUT2D eigenvalue weighted by Crippen LogP contribution is 2.28. The van der Waals surface area contributed by atoms with E-state index in [-0.39, 0.29) is 5.69 Å². The summed E-state index contributed by atoms with van der Waals surface area (Å²) in [4.78, 5) is 15.4. The first-order valence-corrected chi connectivity index (χ1v) is 11.1. The van der Waals surface area contributed by atoms with Gasteiger partial charge in [0.15, 0.2) is 5.65 Å². The number of thioether (sulfide) groups is 1. The fraction of sp³-hybridized carbons (Fsp3) is 0.0476. The predicted molar refractivity (Wildman–Crippen MR) is 120 cm³/mol. The second kappa shape index (κ2) is 8.25. The van der Waals surface area contributed by atoms with Crippen LogP contribution >= 0.6 is 23.1 Å². The first kappa shape index (κ1) is 19.3. The van der Waals surface area contributed by atoms with E-state index in [1.54, 1.807) is 40.1 Å². The number of hydrogen-bond donors (Lipinski definition) is 0. The number of rotatable bonds is 6. The molecule has 3 heterocycles. The molecule has 0 unspecified atom stereocenters. The number of benzene rings is 2. The van der Waals surface area contributed by atoms with Crippen LogP contribution in [0.4, 0.5) is 5.69 Å². The smallest absolute Gasteiger partial charge is 0.258 e. The van der Waals surface area contributed by atoms with Gasteiger partial charge in [0.05, 0.1) is 16.3 Å².